The Bertz CT molecular complexity index is 347. The Morgan fingerprint density at radius 2 is 1.60 bits per heavy atom. The second-order valence-electron chi connectivity index (χ2n) is 2.67. The molecule has 0 spiro atoms. The maximum absolute atomic E-state index is 11.8. The number of amides is 1. The first-order valence-corrected chi connectivity index (χ1v) is 3.88. The van der Waals surface area contributed by atoms with Crippen molar-refractivity contribution in [3.63, 3.8) is 0 Å². The van der Waals surface area contributed by atoms with E-state index in [1.54, 1.807) is 5.32 Å². The van der Waals surface area contributed by atoms with Crippen LogP contribution in [-0.2, 0) is 4.79 Å². The number of nitrogens with one attached hydrogen (secondary N) is 2. The van der Waals surface area contributed by atoms with E-state index in [-0.39, 0.29) is 5.69 Å². The predicted molar refractivity (Wildman–Crippen MR) is 48.9 cm³/mol. The number of hydrogen-bond acceptors (Lipinski definition) is 3. The Kier molecular flexibility index (Phi) is 3.15. The summed E-state index contributed by atoms with van der Waals surface area (Å²) in [6.45, 7) is 0. The molecular formula is C8H8F3N3O. The molecule has 1 rings (SSSR count). The molecule has 4 N–H and O–H groups in total. The number of carbonyl (C=O) groups is 1. The highest BCUT2D eigenvalue weighted by atomic mass is 19.4. The molecule has 1 aromatic carbocycles. The number of halogens is 3. The minimum Gasteiger partial charge on any atom is -0.324 e. The molecule has 15 heavy (non-hydrogen) atoms. The largest absolute Gasteiger partial charge is 0.471 e. The van der Waals surface area contributed by atoms with E-state index in [9.17, 15) is 18.0 Å². The van der Waals surface area contributed by atoms with Crippen LogP contribution in [0.2, 0.25) is 0 Å². The van der Waals surface area contributed by atoms with Gasteiger partial charge in [-0.3, -0.25) is 10.6 Å². The van der Waals surface area contributed by atoms with Crippen LogP contribution in [0.25, 0.3) is 0 Å². The first kappa shape index (κ1) is 11.3. The summed E-state index contributed by atoms with van der Waals surface area (Å²) in [6, 6.07) is 5.48. The molecule has 0 aliphatic heterocycles. The van der Waals surface area contributed by atoms with Crippen molar-refractivity contribution < 1.29 is 18.0 Å². The maximum Gasteiger partial charge on any atom is 0.471 e. The normalized spacial score (nSPS) is 10.9. The molecule has 0 atom stereocenters. The van der Waals surface area contributed by atoms with E-state index in [1.807, 2.05) is 0 Å². The number of nitrogen functional groups attached to an aromatic ring is 1. The number of rotatable bonds is 2. The predicted octanol–water partition coefficient (Wildman–Crippen LogP) is 1.47. The van der Waals surface area contributed by atoms with Gasteiger partial charge in [-0.25, -0.2) is 0 Å². The van der Waals surface area contributed by atoms with Crippen LogP contribution < -0.4 is 16.6 Å². The molecule has 82 valence electrons. The molecule has 1 aromatic rings. The number of benzene rings is 1. The fourth-order valence-electron chi connectivity index (χ4n) is 0.852. The van der Waals surface area contributed by atoms with Crippen molar-refractivity contribution in [2.45, 2.75) is 6.18 Å². The van der Waals surface area contributed by atoms with E-state index in [2.05, 4.69) is 5.43 Å². The fourth-order valence-corrected chi connectivity index (χ4v) is 0.852. The Hall–Kier alpha value is -1.76. The average Bonchev–Trinajstić information content (AvgIpc) is 2.17. The second kappa shape index (κ2) is 4.18. The van der Waals surface area contributed by atoms with Gasteiger partial charge in [0, 0.05) is 11.4 Å². The molecule has 0 saturated heterocycles. The SMILES string of the molecule is NNc1ccc(NC(=O)C(F)(F)F)cc1. The molecule has 0 bridgehead atoms. The highest BCUT2D eigenvalue weighted by Gasteiger charge is 2.38. The smallest absolute Gasteiger partial charge is 0.324 e. The first-order valence-electron chi connectivity index (χ1n) is 3.88. The van der Waals surface area contributed by atoms with Crippen molar-refractivity contribution in [1.82, 2.24) is 0 Å². The van der Waals surface area contributed by atoms with Gasteiger partial charge in [-0.15, -0.1) is 0 Å². The van der Waals surface area contributed by atoms with Gasteiger partial charge in [0.15, 0.2) is 0 Å². The zero-order valence-corrected chi connectivity index (χ0v) is 7.43. The van der Waals surface area contributed by atoms with Crippen LogP contribution in [-0.4, -0.2) is 12.1 Å². The summed E-state index contributed by atoms with van der Waals surface area (Å²) in [5.74, 6) is 3.05. The monoisotopic (exact) mass is 219 g/mol. The van der Waals surface area contributed by atoms with Gasteiger partial charge in [0.25, 0.3) is 0 Å². The third-order valence-corrected chi connectivity index (χ3v) is 1.57. The van der Waals surface area contributed by atoms with Gasteiger partial charge in [0.2, 0.25) is 0 Å². The fraction of sp³-hybridized carbons (Fsp3) is 0.125. The van der Waals surface area contributed by atoms with Crippen LogP contribution >= 0.6 is 0 Å². The van der Waals surface area contributed by atoms with Gasteiger partial charge in [-0.05, 0) is 24.3 Å². The van der Waals surface area contributed by atoms with Crippen LogP contribution in [0.15, 0.2) is 24.3 Å². The number of carbonyl (C=O) groups excluding carboxylic acids is 1. The van der Waals surface area contributed by atoms with Gasteiger partial charge >= 0.3 is 12.1 Å². The zero-order chi connectivity index (χ0) is 11.5. The topological polar surface area (TPSA) is 67.2 Å². The van der Waals surface area contributed by atoms with Gasteiger partial charge in [0.1, 0.15) is 0 Å². The molecule has 0 aliphatic carbocycles. The number of alkyl halides is 3. The van der Waals surface area contributed by atoms with E-state index in [0.717, 1.165) is 0 Å². The number of anilines is 2. The third kappa shape index (κ3) is 3.13. The lowest BCUT2D eigenvalue weighted by Gasteiger charge is -2.08. The minimum absolute atomic E-state index is 0.0522. The van der Waals surface area contributed by atoms with Gasteiger partial charge in [-0.1, -0.05) is 0 Å². The summed E-state index contributed by atoms with van der Waals surface area (Å²) in [6.07, 6.45) is -4.88. The summed E-state index contributed by atoms with van der Waals surface area (Å²) < 4.78 is 35.5. The minimum atomic E-state index is -4.88. The van der Waals surface area contributed by atoms with E-state index >= 15 is 0 Å². The van der Waals surface area contributed by atoms with Crippen LogP contribution in [0.3, 0.4) is 0 Å². The Morgan fingerprint density at radius 3 is 2.00 bits per heavy atom. The molecule has 4 nitrogen and oxygen atoms in total. The van der Waals surface area contributed by atoms with Crippen molar-refractivity contribution in [3.05, 3.63) is 24.3 Å². The Labute approximate surface area is 83.2 Å². The Balaban J connectivity index is 2.70. The summed E-state index contributed by atoms with van der Waals surface area (Å²) >= 11 is 0. The highest BCUT2D eigenvalue weighted by Crippen LogP contribution is 2.19. The van der Waals surface area contributed by atoms with Gasteiger partial charge in [-0.2, -0.15) is 13.2 Å². The number of hydrazine groups is 1. The molecule has 7 heteroatoms. The maximum atomic E-state index is 11.8. The molecule has 1 amide bonds. The lowest BCUT2D eigenvalue weighted by Crippen LogP contribution is -2.29. The van der Waals surface area contributed by atoms with E-state index in [4.69, 9.17) is 5.84 Å². The molecular weight excluding hydrogens is 211 g/mol. The summed E-state index contributed by atoms with van der Waals surface area (Å²) in [4.78, 5) is 10.5. The van der Waals surface area contributed by atoms with Crippen molar-refractivity contribution in [3.8, 4) is 0 Å². The molecule has 0 aromatic heterocycles. The Morgan fingerprint density at radius 1 is 1.13 bits per heavy atom. The van der Waals surface area contributed by atoms with Crippen LogP contribution in [0.4, 0.5) is 24.5 Å². The molecule has 0 heterocycles. The zero-order valence-electron chi connectivity index (χ0n) is 7.43. The van der Waals surface area contributed by atoms with E-state index in [0.29, 0.717) is 5.69 Å². The summed E-state index contributed by atoms with van der Waals surface area (Å²) in [5, 5.41) is 1.70. The number of nitrogens with two attached hydrogens (primary N) is 1. The van der Waals surface area contributed by atoms with Crippen molar-refractivity contribution >= 4 is 17.3 Å². The highest BCUT2D eigenvalue weighted by molar-refractivity contribution is 5.94. The lowest BCUT2D eigenvalue weighted by molar-refractivity contribution is -0.167. The van der Waals surface area contributed by atoms with Crippen LogP contribution in [0, 0.1) is 0 Å². The van der Waals surface area contributed by atoms with Crippen LogP contribution in [0.1, 0.15) is 0 Å². The molecule has 0 saturated carbocycles. The van der Waals surface area contributed by atoms with Crippen LogP contribution in [0.5, 0.6) is 0 Å². The summed E-state index contributed by atoms with van der Waals surface area (Å²) in [5.41, 5.74) is 2.88. The first-order chi connectivity index (χ1) is 6.93. The quantitative estimate of drug-likeness (QED) is 0.521. The van der Waals surface area contributed by atoms with Gasteiger partial charge in [0.05, 0.1) is 0 Å². The van der Waals surface area contributed by atoms with Crippen molar-refractivity contribution in [2.75, 3.05) is 10.7 Å². The second-order valence-corrected chi connectivity index (χ2v) is 2.67. The molecule has 0 radical (unpaired) electrons. The molecule has 0 unspecified atom stereocenters. The summed E-state index contributed by atoms with van der Waals surface area (Å²) in [7, 11) is 0. The third-order valence-electron chi connectivity index (χ3n) is 1.57. The van der Waals surface area contributed by atoms with Crippen molar-refractivity contribution in [2.24, 2.45) is 5.84 Å². The lowest BCUT2D eigenvalue weighted by atomic mass is 10.3. The standard InChI is InChI=1S/C8H8F3N3O/c9-8(10,11)7(15)13-5-1-3-6(14-12)4-2-5/h1-4,14H,12H2,(H,13,15). The average molecular weight is 219 g/mol. The van der Waals surface area contributed by atoms with Gasteiger partial charge < -0.3 is 10.7 Å². The van der Waals surface area contributed by atoms with E-state index < -0.39 is 12.1 Å². The van der Waals surface area contributed by atoms with Crippen molar-refractivity contribution in [1.29, 1.82) is 0 Å². The molecule has 0 fully saturated rings. The molecule has 0 aliphatic rings. The van der Waals surface area contributed by atoms with E-state index in [1.165, 1.54) is 24.3 Å². The number of hydrogen-bond donors (Lipinski definition) is 3.